The van der Waals surface area contributed by atoms with Crippen molar-refractivity contribution in [3.05, 3.63) is 30.2 Å². The molecule has 4 rings (SSSR count). The Morgan fingerprint density at radius 3 is 3.08 bits per heavy atom. The van der Waals surface area contributed by atoms with Crippen molar-refractivity contribution in [1.29, 1.82) is 0 Å². The van der Waals surface area contributed by atoms with Crippen LogP contribution in [0.15, 0.2) is 24.7 Å². The Kier molecular flexibility index (Phi) is 4.33. The normalized spacial score (nSPS) is 26.8. The first-order valence-corrected chi connectivity index (χ1v) is 8.80. The highest BCUT2D eigenvalue weighted by atomic mass is 16.3. The molecule has 2 aromatic heterocycles. The molecule has 1 aliphatic carbocycles. The first-order valence-electron chi connectivity index (χ1n) is 8.80. The number of nitrogens with zero attached hydrogens (tertiary/aromatic N) is 5. The highest BCUT2D eigenvalue weighted by Gasteiger charge is 2.42. The maximum Gasteiger partial charge on any atom is 0.259 e. The quantitative estimate of drug-likeness (QED) is 0.739. The fourth-order valence-electron chi connectivity index (χ4n) is 4.02. The van der Waals surface area contributed by atoms with Crippen molar-refractivity contribution in [2.45, 2.75) is 31.0 Å². The SMILES string of the molecule is CN(C(=O)c1cnn2cccnc12)[C@@H]1CC[C@@H](N2CCNC(=O)C2)[C@@H]1O. The Morgan fingerprint density at radius 2 is 2.27 bits per heavy atom. The van der Waals surface area contributed by atoms with Gasteiger partial charge in [0, 0.05) is 38.6 Å². The van der Waals surface area contributed by atoms with E-state index in [-0.39, 0.29) is 23.9 Å². The van der Waals surface area contributed by atoms with Gasteiger partial charge in [0.15, 0.2) is 5.65 Å². The molecule has 138 valence electrons. The molecule has 9 heteroatoms. The van der Waals surface area contributed by atoms with Gasteiger partial charge < -0.3 is 15.3 Å². The summed E-state index contributed by atoms with van der Waals surface area (Å²) in [7, 11) is 1.70. The number of hydrogen-bond acceptors (Lipinski definition) is 6. The molecular weight excluding hydrogens is 336 g/mol. The van der Waals surface area contributed by atoms with Gasteiger partial charge in [0.1, 0.15) is 5.56 Å². The van der Waals surface area contributed by atoms with Crippen LogP contribution >= 0.6 is 0 Å². The molecule has 1 saturated carbocycles. The van der Waals surface area contributed by atoms with E-state index in [4.69, 9.17) is 0 Å². The third kappa shape index (κ3) is 2.82. The van der Waals surface area contributed by atoms with Gasteiger partial charge >= 0.3 is 0 Å². The fourth-order valence-corrected chi connectivity index (χ4v) is 4.02. The average Bonchev–Trinajstić information content (AvgIpc) is 3.24. The van der Waals surface area contributed by atoms with Crippen LogP contribution in [0.1, 0.15) is 23.2 Å². The molecule has 0 unspecified atom stereocenters. The van der Waals surface area contributed by atoms with E-state index in [1.807, 2.05) is 4.90 Å². The molecule has 0 bridgehead atoms. The molecule has 2 fully saturated rings. The van der Waals surface area contributed by atoms with E-state index in [9.17, 15) is 14.7 Å². The Bertz CT molecular complexity index is 837. The first kappa shape index (κ1) is 16.9. The smallest absolute Gasteiger partial charge is 0.259 e. The van der Waals surface area contributed by atoms with Gasteiger partial charge in [-0.15, -0.1) is 0 Å². The highest BCUT2D eigenvalue weighted by Crippen LogP contribution is 2.29. The molecule has 2 aliphatic rings. The van der Waals surface area contributed by atoms with Gasteiger partial charge in [-0.25, -0.2) is 9.50 Å². The Labute approximate surface area is 150 Å². The lowest BCUT2D eigenvalue weighted by Gasteiger charge is -2.35. The minimum atomic E-state index is -0.690. The number of amides is 2. The van der Waals surface area contributed by atoms with Gasteiger partial charge in [-0.2, -0.15) is 5.10 Å². The second kappa shape index (κ2) is 6.65. The van der Waals surface area contributed by atoms with Crippen LogP contribution in [-0.2, 0) is 4.79 Å². The molecule has 0 aromatic carbocycles. The van der Waals surface area contributed by atoms with Crippen molar-refractivity contribution in [1.82, 2.24) is 29.7 Å². The van der Waals surface area contributed by atoms with Crippen LogP contribution in [0.2, 0.25) is 0 Å². The minimum Gasteiger partial charge on any atom is -0.389 e. The van der Waals surface area contributed by atoms with E-state index in [1.165, 1.54) is 6.20 Å². The number of hydrogen-bond donors (Lipinski definition) is 2. The summed E-state index contributed by atoms with van der Waals surface area (Å²) in [6.45, 7) is 1.61. The average molecular weight is 358 g/mol. The number of piperazine rings is 1. The van der Waals surface area contributed by atoms with Crippen LogP contribution in [0.4, 0.5) is 0 Å². The van der Waals surface area contributed by atoms with Gasteiger partial charge in [-0.1, -0.05) is 0 Å². The van der Waals surface area contributed by atoms with Gasteiger partial charge in [-0.05, 0) is 18.9 Å². The molecule has 1 saturated heterocycles. The van der Waals surface area contributed by atoms with Crippen LogP contribution in [0, 0.1) is 0 Å². The zero-order valence-electron chi connectivity index (χ0n) is 14.6. The third-order valence-corrected chi connectivity index (χ3v) is 5.41. The third-order valence-electron chi connectivity index (χ3n) is 5.41. The highest BCUT2D eigenvalue weighted by molar-refractivity contribution is 5.99. The zero-order valence-corrected chi connectivity index (χ0v) is 14.6. The van der Waals surface area contributed by atoms with Crippen molar-refractivity contribution in [2.24, 2.45) is 0 Å². The summed E-state index contributed by atoms with van der Waals surface area (Å²) in [6.07, 6.45) is 5.62. The minimum absolute atomic E-state index is 0.0197. The topological polar surface area (TPSA) is 103 Å². The van der Waals surface area contributed by atoms with Crippen molar-refractivity contribution >= 4 is 17.5 Å². The summed E-state index contributed by atoms with van der Waals surface area (Å²) in [5.74, 6) is -0.228. The molecular formula is C17H22N6O3. The summed E-state index contributed by atoms with van der Waals surface area (Å²) in [4.78, 5) is 32.4. The van der Waals surface area contributed by atoms with Gasteiger partial charge in [0.25, 0.3) is 5.91 Å². The monoisotopic (exact) mass is 358 g/mol. The molecule has 2 amide bonds. The van der Waals surface area contributed by atoms with Crippen LogP contribution in [0.25, 0.3) is 5.65 Å². The lowest BCUT2D eigenvalue weighted by atomic mass is 10.1. The summed E-state index contributed by atoms with van der Waals surface area (Å²) in [5.41, 5.74) is 0.919. The van der Waals surface area contributed by atoms with Gasteiger partial charge in [0.2, 0.25) is 5.91 Å². The summed E-state index contributed by atoms with van der Waals surface area (Å²) < 4.78 is 1.56. The number of rotatable bonds is 3. The lowest BCUT2D eigenvalue weighted by Crippen LogP contribution is -2.55. The number of aliphatic hydroxyl groups is 1. The summed E-state index contributed by atoms with van der Waals surface area (Å²) >= 11 is 0. The molecule has 1 aliphatic heterocycles. The second-order valence-corrected chi connectivity index (χ2v) is 6.89. The summed E-state index contributed by atoms with van der Waals surface area (Å²) in [5, 5.41) is 17.8. The van der Waals surface area contributed by atoms with Crippen molar-refractivity contribution < 1.29 is 14.7 Å². The molecule has 0 spiro atoms. The van der Waals surface area contributed by atoms with E-state index in [1.54, 1.807) is 34.9 Å². The Morgan fingerprint density at radius 1 is 1.42 bits per heavy atom. The first-order chi connectivity index (χ1) is 12.6. The van der Waals surface area contributed by atoms with Crippen LogP contribution in [0.3, 0.4) is 0 Å². The standard InChI is InChI=1S/C17H22N6O3/c1-21(17(26)11-9-20-23-7-2-5-19-16(11)23)12-3-4-13(15(12)25)22-8-6-18-14(24)10-22/h2,5,7,9,12-13,15,25H,3-4,6,8,10H2,1H3,(H,18,24)/t12-,13-,15-/m1/s1. The second-order valence-electron chi connectivity index (χ2n) is 6.89. The number of carbonyl (C=O) groups is 2. The van der Waals surface area contributed by atoms with E-state index in [0.717, 1.165) is 13.0 Å². The zero-order chi connectivity index (χ0) is 18.3. The van der Waals surface area contributed by atoms with Crippen LogP contribution < -0.4 is 5.32 Å². The molecule has 2 aromatic rings. The van der Waals surface area contributed by atoms with E-state index >= 15 is 0 Å². The molecule has 9 nitrogen and oxygen atoms in total. The summed E-state index contributed by atoms with van der Waals surface area (Å²) in [6, 6.07) is 1.34. The predicted molar refractivity (Wildman–Crippen MR) is 92.5 cm³/mol. The van der Waals surface area contributed by atoms with Crippen LogP contribution in [-0.4, -0.2) is 86.2 Å². The number of likely N-dealkylation sites (N-methyl/N-ethyl adjacent to an activating group) is 1. The number of nitrogens with one attached hydrogen (secondary N) is 1. The fraction of sp³-hybridized carbons (Fsp3) is 0.529. The Balaban J connectivity index is 1.50. The van der Waals surface area contributed by atoms with Crippen LogP contribution in [0.5, 0.6) is 0 Å². The van der Waals surface area contributed by atoms with E-state index in [2.05, 4.69) is 15.4 Å². The van der Waals surface area contributed by atoms with Gasteiger partial charge in [0.05, 0.1) is 24.9 Å². The number of carbonyl (C=O) groups excluding carboxylic acids is 2. The van der Waals surface area contributed by atoms with Gasteiger partial charge in [-0.3, -0.25) is 14.5 Å². The largest absolute Gasteiger partial charge is 0.389 e. The van der Waals surface area contributed by atoms with Crippen molar-refractivity contribution in [2.75, 3.05) is 26.7 Å². The number of aromatic nitrogens is 3. The molecule has 3 atom stereocenters. The maximum atomic E-state index is 12.9. The maximum absolute atomic E-state index is 12.9. The van der Waals surface area contributed by atoms with E-state index in [0.29, 0.717) is 30.7 Å². The Hall–Kier alpha value is -2.52. The number of aliphatic hydroxyl groups excluding tert-OH is 1. The molecule has 26 heavy (non-hydrogen) atoms. The molecule has 3 heterocycles. The lowest BCUT2D eigenvalue weighted by molar-refractivity contribution is -0.125. The number of fused-ring (bicyclic) bond motifs is 1. The van der Waals surface area contributed by atoms with Crippen molar-refractivity contribution in [3.63, 3.8) is 0 Å². The predicted octanol–water partition coefficient (Wildman–Crippen LogP) is -0.875. The van der Waals surface area contributed by atoms with E-state index < -0.39 is 6.10 Å². The molecule has 2 N–H and O–H groups in total. The molecule has 0 radical (unpaired) electrons. The van der Waals surface area contributed by atoms with Crippen molar-refractivity contribution in [3.8, 4) is 0 Å².